The van der Waals surface area contributed by atoms with E-state index in [-0.39, 0.29) is 0 Å². The third-order valence-corrected chi connectivity index (χ3v) is 4.72. The van der Waals surface area contributed by atoms with Crippen molar-refractivity contribution < 1.29 is 0 Å². The SMILES string of the molecule is CC(C)N(Cc1cccs1)CC1(CC(N)=S)CC1. The van der Waals surface area contributed by atoms with Crippen molar-refractivity contribution >= 4 is 28.5 Å². The van der Waals surface area contributed by atoms with Gasteiger partial charge in [0.25, 0.3) is 0 Å². The summed E-state index contributed by atoms with van der Waals surface area (Å²) in [5.41, 5.74) is 6.10. The molecule has 0 atom stereocenters. The minimum atomic E-state index is 0.382. The molecule has 0 amide bonds. The summed E-state index contributed by atoms with van der Waals surface area (Å²) in [4.78, 5) is 4.67. The quantitative estimate of drug-likeness (QED) is 0.777. The van der Waals surface area contributed by atoms with Gasteiger partial charge in [-0.05, 0) is 43.6 Å². The van der Waals surface area contributed by atoms with E-state index in [0.29, 0.717) is 16.4 Å². The van der Waals surface area contributed by atoms with Crippen LogP contribution in [0.25, 0.3) is 0 Å². The summed E-state index contributed by atoms with van der Waals surface area (Å²) >= 11 is 6.92. The second-order valence-corrected chi connectivity index (χ2v) is 7.28. The molecular formula is C14H22N2S2. The third kappa shape index (κ3) is 3.77. The molecule has 2 nitrogen and oxygen atoms in total. The smallest absolute Gasteiger partial charge is 0.0733 e. The van der Waals surface area contributed by atoms with Crippen LogP contribution in [0.3, 0.4) is 0 Å². The van der Waals surface area contributed by atoms with Gasteiger partial charge in [0.1, 0.15) is 0 Å². The van der Waals surface area contributed by atoms with E-state index in [1.807, 2.05) is 11.3 Å². The molecule has 100 valence electrons. The monoisotopic (exact) mass is 282 g/mol. The van der Waals surface area contributed by atoms with Gasteiger partial charge in [-0.3, -0.25) is 4.90 Å². The average Bonchev–Trinajstić information content (AvgIpc) is 2.82. The van der Waals surface area contributed by atoms with Gasteiger partial charge in [0.2, 0.25) is 0 Å². The highest BCUT2D eigenvalue weighted by atomic mass is 32.1. The average molecular weight is 282 g/mol. The molecule has 0 aliphatic heterocycles. The molecule has 0 aromatic carbocycles. The number of hydrogen-bond acceptors (Lipinski definition) is 3. The molecule has 0 saturated heterocycles. The van der Waals surface area contributed by atoms with Gasteiger partial charge < -0.3 is 5.73 Å². The maximum atomic E-state index is 5.72. The number of rotatable bonds is 7. The number of thiocarbonyl (C=S) groups is 1. The molecule has 0 radical (unpaired) electrons. The van der Waals surface area contributed by atoms with Crippen LogP contribution in [0.5, 0.6) is 0 Å². The van der Waals surface area contributed by atoms with E-state index in [2.05, 4.69) is 36.3 Å². The Morgan fingerprint density at radius 3 is 2.72 bits per heavy atom. The number of nitrogens with zero attached hydrogens (tertiary/aromatic N) is 1. The first-order valence-corrected chi connectivity index (χ1v) is 7.84. The van der Waals surface area contributed by atoms with Crippen molar-refractivity contribution in [2.24, 2.45) is 11.1 Å². The van der Waals surface area contributed by atoms with Gasteiger partial charge in [-0.15, -0.1) is 11.3 Å². The Bertz CT molecular complexity index is 394. The highest BCUT2D eigenvalue weighted by Gasteiger charge is 2.44. The summed E-state index contributed by atoms with van der Waals surface area (Å²) in [6, 6.07) is 4.91. The molecular weight excluding hydrogens is 260 g/mol. The van der Waals surface area contributed by atoms with Crippen LogP contribution in [-0.2, 0) is 6.54 Å². The zero-order valence-corrected chi connectivity index (χ0v) is 12.8. The predicted molar refractivity (Wildman–Crippen MR) is 82.9 cm³/mol. The summed E-state index contributed by atoms with van der Waals surface area (Å²) in [5.74, 6) is 0. The lowest BCUT2D eigenvalue weighted by atomic mass is 10.0. The summed E-state index contributed by atoms with van der Waals surface area (Å²) in [7, 11) is 0. The van der Waals surface area contributed by atoms with Gasteiger partial charge in [0.15, 0.2) is 0 Å². The summed E-state index contributed by atoms with van der Waals surface area (Å²) in [6.07, 6.45) is 3.46. The van der Waals surface area contributed by atoms with Crippen molar-refractivity contribution in [3.63, 3.8) is 0 Å². The topological polar surface area (TPSA) is 29.3 Å². The summed E-state index contributed by atoms with van der Waals surface area (Å²) in [6.45, 7) is 6.71. The summed E-state index contributed by atoms with van der Waals surface area (Å²) < 4.78 is 0. The summed E-state index contributed by atoms with van der Waals surface area (Å²) in [5, 5.41) is 2.15. The molecule has 4 heteroatoms. The highest BCUT2D eigenvalue weighted by molar-refractivity contribution is 7.80. The fraction of sp³-hybridized carbons (Fsp3) is 0.643. The molecule has 1 fully saturated rings. The van der Waals surface area contributed by atoms with Gasteiger partial charge >= 0.3 is 0 Å². The van der Waals surface area contributed by atoms with E-state index in [4.69, 9.17) is 18.0 Å². The largest absolute Gasteiger partial charge is 0.393 e. The molecule has 0 unspecified atom stereocenters. The van der Waals surface area contributed by atoms with E-state index in [1.54, 1.807) is 0 Å². The predicted octanol–water partition coefficient (Wildman–Crippen LogP) is 3.41. The van der Waals surface area contributed by atoms with Crippen molar-refractivity contribution in [2.75, 3.05) is 6.54 Å². The Morgan fingerprint density at radius 2 is 2.28 bits per heavy atom. The van der Waals surface area contributed by atoms with Crippen LogP contribution in [0.15, 0.2) is 17.5 Å². The van der Waals surface area contributed by atoms with Crippen LogP contribution < -0.4 is 5.73 Å². The van der Waals surface area contributed by atoms with E-state index in [1.165, 1.54) is 17.7 Å². The fourth-order valence-corrected chi connectivity index (χ4v) is 3.43. The zero-order chi connectivity index (χ0) is 13.2. The normalized spacial score (nSPS) is 17.3. The molecule has 18 heavy (non-hydrogen) atoms. The van der Waals surface area contributed by atoms with Crippen molar-refractivity contribution in [1.29, 1.82) is 0 Å². The molecule has 1 aliphatic carbocycles. The number of nitrogens with two attached hydrogens (primary N) is 1. The molecule has 1 aromatic rings. The van der Waals surface area contributed by atoms with Gasteiger partial charge in [-0.2, -0.15) is 0 Å². The number of thiophene rings is 1. The fourth-order valence-electron chi connectivity index (χ4n) is 2.39. The molecule has 1 aromatic heterocycles. The Balaban J connectivity index is 1.96. The van der Waals surface area contributed by atoms with Crippen LogP contribution in [0.2, 0.25) is 0 Å². The molecule has 2 rings (SSSR count). The molecule has 1 heterocycles. The van der Waals surface area contributed by atoms with Crippen LogP contribution in [0.4, 0.5) is 0 Å². The van der Waals surface area contributed by atoms with Crippen LogP contribution in [0.1, 0.15) is 38.0 Å². The first-order valence-electron chi connectivity index (χ1n) is 6.55. The van der Waals surface area contributed by atoms with E-state index >= 15 is 0 Å². The van der Waals surface area contributed by atoms with Gasteiger partial charge in [-0.25, -0.2) is 0 Å². The standard InChI is InChI=1S/C14H22N2S2/c1-11(2)16(9-12-4-3-7-18-12)10-14(5-6-14)8-13(15)17/h3-4,7,11H,5-6,8-10H2,1-2H3,(H2,15,17). The van der Waals surface area contributed by atoms with Crippen molar-refractivity contribution in [3.8, 4) is 0 Å². The molecule has 0 bridgehead atoms. The van der Waals surface area contributed by atoms with Crippen molar-refractivity contribution in [3.05, 3.63) is 22.4 Å². The first-order chi connectivity index (χ1) is 8.51. The van der Waals surface area contributed by atoms with Gasteiger partial charge in [0, 0.05) is 30.4 Å². The minimum Gasteiger partial charge on any atom is -0.393 e. The lowest BCUT2D eigenvalue weighted by Gasteiger charge is -2.30. The van der Waals surface area contributed by atoms with Crippen molar-refractivity contribution in [1.82, 2.24) is 4.90 Å². The second-order valence-electron chi connectivity index (χ2n) is 5.72. The molecule has 2 N–H and O–H groups in total. The van der Waals surface area contributed by atoms with Crippen LogP contribution in [-0.4, -0.2) is 22.5 Å². The molecule has 1 saturated carbocycles. The second kappa shape index (κ2) is 5.68. The third-order valence-electron chi connectivity index (χ3n) is 3.71. The van der Waals surface area contributed by atoms with E-state index in [9.17, 15) is 0 Å². The Kier molecular flexibility index (Phi) is 4.41. The lowest BCUT2D eigenvalue weighted by Crippen LogP contribution is -2.36. The van der Waals surface area contributed by atoms with Crippen LogP contribution in [0, 0.1) is 5.41 Å². The van der Waals surface area contributed by atoms with E-state index in [0.717, 1.165) is 19.5 Å². The molecule has 1 aliphatic rings. The van der Waals surface area contributed by atoms with Crippen molar-refractivity contribution in [2.45, 2.75) is 45.7 Å². The van der Waals surface area contributed by atoms with Crippen LogP contribution >= 0.6 is 23.6 Å². The maximum absolute atomic E-state index is 5.72. The minimum absolute atomic E-state index is 0.382. The van der Waals surface area contributed by atoms with Gasteiger partial charge in [0.05, 0.1) is 4.99 Å². The zero-order valence-electron chi connectivity index (χ0n) is 11.2. The first kappa shape index (κ1) is 14.0. The Morgan fingerprint density at radius 1 is 1.56 bits per heavy atom. The highest BCUT2D eigenvalue weighted by Crippen LogP contribution is 2.49. The van der Waals surface area contributed by atoms with Gasteiger partial charge in [-0.1, -0.05) is 18.3 Å². The maximum Gasteiger partial charge on any atom is 0.0733 e. The number of hydrogen-bond donors (Lipinski definition) is 1. The molecule has 0 spiro atoms. The Hall–Kier alpha value is -0.450. The lowest BCUT2D eigenvalue weighted by molar-refractivity contribution is 0.173. The van der Waals surface area contributed by atoms with E-state index < -0.39 is 0 Å². The Labute approximate surface area is 119 Å².